The Hall–Kier alpha value is -1.28. The molecule has 2 atom stereocenters. The molecule has 0 radical (unpaired) electrons. The molecular formula is C11H19N3O4S. The zero-order valence-corrected chi connectivity index (χ0v) is 11.6. The van der Waals surface area contributed by atoms with E-state index in [2.05, 4.69) is 5.32 Å². The number of thioether (sulfide) groups is 1. The Balaban J connectivity index is 2.39. The summed E-state index contributed by atoms with van der Waals surface area (Å²) < 4.78 is 0. The van der Waals surface area contributed by atoms with Crippen LogP contribution in [0.4, 0.5) is 0 Å². The van der Waals surface area contributed by atoms with Gasteiger partial charge in [0, 0.05) is 19.2 Å². The number of nitrogens with one attached hydrogen (secondary N) is 1. The molecule has 8 heteroatoms. The molecule has 108 valence electrons. The van der Waals surface area contributed by atoms with Crippen LogP contribution < -0.4 is 11.1 Å². The fourth-order valence-electron chi connectivity index (χ4n) is 1.91. The molecular weight excluding hydrogens is 270 g/mol. The van der Waals surface area contributed by atoms with Crippen molar-refractivity contribution in [1.29, 1.82) is 0 Å². The number of carbonyl (C=O) groups is 3. The highest BCUT2D eigenvalue weighted by Gasteiger charge is 2.35. The van der Waals surface area contributed by atoms with Gasteiger partial charge in [0.05, 0.1) is 11.9 Å². The number of likely N-dealkylation sites (tertiary alicyclic amines) is 1. The van der Waals surface area contributed by atoms with Crippen LogP contribution in [0.5, 0.6) is 0 Å². The first-order valence-corrected chi connectivity index (χ1v) is 7.20. The Labute approximate surface area is 115 Å². The first-order valence-electron chi connectivity index (χ1n) is 6.04. The van der Waals surface area contributed by atoms with E-state index in [4.69, 9.17) is 10.8 Å². The molecule has 2 amide bonds. The zero-order valence-electron chi connectivity index (χ0n) is 10.8. The average molecular weight is 289 g/mol. The van der Waals surface area contributed by atoms with Crippen molar-refractivity contribution in [2.24, 2.45) is 5.73 Å². The number of amides is 2. The maximum absolute atomic E-state index is 12.0. The van der Waals surface area contributed by atoms with Gasteiger partial charge in [0.1, 0.15) is 6.04 Å². The van der Waals surface area contributed by atoms with E-state index in [0.717, 1.165) is 0 Å². The molecule has 1 aliphatic heterocycles. The molecule has 1 fully saturated rings. The Kier molecular flexibility index (Phi) is 6.10. The standard InChI is InChI=1S/C11H19N3O4S/c1-7(15)13-6-19-5-8(12)10(16)14-4-2-3-9(14)11(17)18/h8-9H,2-6,12H2,1H3,(H,13,15)(H,17,18)/t8-,9-/m0/s1. The maximum atomic E-state index is 12.0. The zero-order chi connectivity index (χ0) is 14.4. The molecule has 1 saturated heterocycles. The number of hydrogen-bond donors (Lipinski definition) is 3. The van der Waals surface area contributed by atoms with E-state index in [1.807, 2.05) is 0 Å². The summed E-state index contributed by atoms with van der Waals surface area (Å²) in [5.41, 5.74) is 5.76. The molecule has 19 heavy (non-hydrogen) atoms. The maximum Gasteiger partial charge on any atom is 0.326 e. The van der Waals surface area contributed by atoms with Crippen LogP contribution in [0.3, 0.4) is 0 Å². The number of carbonyl (C=O) groups excluding carboxylic acids is 2. The Morgan fingerprint density at radius 1 is 1.53 bits per heavy atom. The fourth-order valence-corrected chi connectivity index (χ4v) is 2.73. The summed E-state index contributed by atoms with van der Waals surface area (Å²) in [6.07, 6.45) is 1.17. The predicted molar refractivity (Wildman–Crippen MR) is 71.5 cm³/mol. The molecule has 1 aliphatic rings. The highest BCUT2D eigenvalue weighted by molar-refractivity contribution is 7.99. The summed E-state index contributed by atoms with van der Waals surface area (Å²) in [6, 6.07) is -1.49. The second kappa shape index (κ2) is 7.34. The van der Waals surface area contributed by atoms with Crippen LogP contribution in [0.15, 0.2) is 0 Å². The summed E-state index contributed by atoms with van der Waals surface area (Å²) >= 11 is 1.33. The Morgan fingerprint density at radius 3 is 2.79 bits per heavy atom. The minimum Gasteiger partial charge on any atom is -0.480 e. The van der Waals surface area contributed by atoms with E-state index in [9.17, 15) is 14.4 Å². The summed E-state index contributed by atoms with van der Waals surface area (Å²) in [7, 11) is 0. The van der Waals surface area contributed by atoms with Gasteiger partial charge in [-0.3, -0.25) is 9.59 Å². The lowest BCUT2D eigenvalue weighted by Gasteiger charge is -2.24. The first-order chi connectivity index (χ1) is 8.93. The van der Waals surface area contributed by atoms with Crippen molar-refractivity contribution in [2.75, 3.05) is 18.2 Å². The van der Waals surface area contributed by atoms with Crippen molar-refractivity contribution in [3.8, 4) is 0 Å². The van der Waals surface area contributed by atoms with E-state index in [1.54, 1.807) is 0 Å². The van der Waals surface area contributed by atoms with E-state index >= 15 is 0 Å². The fraction of sp³-hybridized carbons (Fsp3) is 0.727. The number of hydrogen-bond acceptors (Lipinski definition) is 5. The Morgan fingerprint density at radius 2 is 2.21 bits per heavy atom. The van der Waals surface area contributed by atoms with Gasteiger partial charge in [0.25, 0.3) is 0 Å². The number of carboxylic acids is 1. The van der Waals surface area contributed by atoms with Crippen LogP contribution >= 0.6 is 11.8 Å². The summed E-state index contributed by atoms with van der Waals surface area (Å²) in [5, 5.41) is 11.6. The molecule has 7 nitrogen and oxygen atoms in total. The van der Waals surface area contributed by atoms with Gasteiger partial charge >= 0.3 is 5.97 Å². The van der Waals surface area contributed by atoms with Crippen LogP contribution in [-0.4, -0.2) is 58.0 Å². The van der Waals surface area contributed by atoms with Crippen molar-refractivity contribution < 1.29 is 19.5 Å². The number of nitrogens with two attached hydrogens (primary N) is 1. The van der Waals surface area contributed by atoms with E-state index < -0.39 is 18.1 Å². The van der Waals surface area contributed by atoms with Crippen molar-refractivity contribution in [3.05, 3.63) is 0 Å². The predicted octanol–water partition coefficient (Wildman–Crippen LogP) is -0.784. The lowest BCUT2D eigenvalue weighted by atomic mass is 10.2. The number of aliphatic carboxylic acids is 1. The molecule has 0 aromatic rings. The highest BCUT2D eigenvalue weighted by atomic mass is 32.2. The van der Waals surface area contributed by atoms with E-state index in [0.29, 0.717) is 31.0 Å². The Bertz CT molecular complexity index is 364. The third-order valence-electron chi connectivity index (χ3n) is 2.86. The van der Waals surface area contributed by atoms with Crippen LogP contribution in [0, 0.1) is 0 Å². The van der Waals surface area contributed by atoms with Gasteiger partial charge in [0.15, 0.2) is 0 Å². The van der Waals surface area contributed by atoms with Gasteiger partial charge in [0.2, 0.25) is 11.8 Å². The third-order valence-corrected chi connectivity index (χ3v) is 3.80. The number of nitrogens with zero attached hydrogens (tertiary/aromatic N) is 1. The highest BCUT2D eigenvalue weighted by Crippen LogP contribution is 2.18. The van der Waals surface area contributed by atoms with Gasteiger partial charge in [-0.1, -0.05) is 0 Å². The lowest BCUT2D eigenvalue weighted by molar-refractivity contribution is -0.148. The molecule has 1 rings (SSSR count). The second-order valence-electron chi connectivity index (χ2n) is 4.38. The van der Waals surface area contributed by atoms with Crippen LogP contribution in [0.2, 0.25) is 0 Å². The second-order valence-corrected chi connectivity index (χ2v) is 5.41. The van der Waals surface area contributed by atoms with Crippen molar-refractivity contribution in [3.63, 3.8) is 0 Å². The van der Waals surface area contributed by atoms with Crippen LogP contribution in [-0.2, 0) is 14.4 Å². The molecule has 4 N–H and O–H groups in total. The topological polar surface area (TPSA) is 113 Å². The van der Waals surface area contributed by atoms with Gasteiger partial charge in [-0.25, -0.2) is 4.79 Å². The van der Waals surface area contributed by atoms with Crippen molar-refractivity contribution >= 4 is 29.5 Å². The summed E-state index contributed by atoms with van der Waals surface area (Å²) in [5.74, 6) is -0.720. The molecule has 0 spiro atoms. The molecule has 1 heterocycles. The molecule has 0 bridgehead atoms. The number of carboxylic acid groups (broad SMARTS) is 1. The molecule has 0 saturated carbocycles. The summed E-state index contributed by atoms with van der Waals surface area (Å²) in [6.45, 7) is 1.85. The van der Waals surface area contributed by atoms with Crippen LogP contribution in [0.1, 0.15) is 19.8 Å². The van der Waals surface area contributed by atoms with Gasteiger partial charge in [-0.05, 0) is 12.8 Å². The SMILES string of the molecule is CC(=O)NCSC[C@H](N)C(=O)N1CCC[C@H]1C(=O)O. The largest absolute Gasteiger partial charge is 0.480 e. The molecule has 0 aliphatic carbocycles. The first kappa shape index (κ1) is 15.8. The van der Waals surface area contributed by atoms with Gasteiger partial charge < -0.3 is 21.1 Å². The van der Waals surface area contributed by atoms with E-state index in [1.165, 1.54) is 23.6 Å². The minimum atomic E-state index is -0.982. The van der Waals surface area contributed by atoms with Crippen molar-refractivity contribution in [1.82, 2.24) is 10.2 Å². The van der Waals surface area contributed by atoms with Crippen LogP contribution in [0.25, 0.3) is 0 Å². The minimum absolute atomic E-state index is 0.141. The normalized spacial score (nSPS) is 20.1. The van der Waals surface area contributed by atoms with E-state index in [-0.39, 0.29) is 11.8 Å². The average Bonchev–Trinajstić information content (AvgIpc) is 2.82. The van der Waals surface area contributed by atoms with Crippen molar-refractivity contribution in [2.45, 2.75) is 31.8 Å². The lowest BCUT2D eigenvalue weighted by Crippen LogP contribution is -2.49. The monoisotopic (exact) mass is 289 g/mol. The molecule has 0 aromatic heterocycles. The third kappa shape index (κ3) is 4.71. The quantitative estimate of drug-likeness (QED) is 0.436. The summed E-state index contributed by atoms with van der Waals surface area (Å²) in [4.78, 5) is 35.0. The molecule has 0 aromatic carbocycles. The molecule has 0 unspecified atom stereocenters. The van der Waals surface area contributed by atoms with Gasteiger partial charge in [-0.15, -0.1) is 11.8 Å². The smallest absolute Gasteiger partial charge is 0.326 e. The number of rotatable bonds is 6. The van der Waals surface area contributed by atoms with Gasteiger partial charge in [-0.2, -0.15) is 0 Å².